The van der Waals surface area contributed by atoms with Crippen LogP contribution in [0.4, 0.5) is 11.4 Å². The lowest BCUT2D eigenvalue weighted by Gasteiger charge is -2.17. The second-order valence-corrected chi connectivity index (χ2v) is 5.45. The Bertz CT molecular complexity index is 684. The number of phenols is 1. The number of halogens is 1. The van der Waals surface area contributed by atoms with E-state index in [4.69, 9.17) is 11.6 Å². The van der Waals surface area contributed by atoms with E-state index < -0.39 is 0 Å². The molecular formula is C16H17ClN2O2. The molecule has 0 fully saturated rings. The predicted molar refractivity (Wildman–Crippen MR) is 86.6 cm³/mol. The summed E-state index contributed by atoms with van der Waals surface area (Å²) in [6.07, 6.45) is 0. The van der Waals surface area contributed by atoms with Crippen molar-refractivity contribution in [3.63, 3.8) is 0 Å². The largest absolute Gasteiger partial charge is 0.507 e. The van der Waals surface area contributed by atoms with Gasteiger partial charge >= 0.3 is 0 Å². The lowest BCUT2D eigenvalue weighted by Crippen LogP contribution is -2.14. The maximum atomic E-state index is 12.2. The number of hydrogen-bond donors (Lipinski definition) is 2. The van der Waals surface area contributed by atoms with Crippen LogP contribution < -0.4 is 10.2 Å². The van der Waals surface area contributed by atoms with Crippen LogP contribution in [-0.4, -0.2) is 25.1 Å². The first-order chi connectivity index (χ1) is 9.88. The molecule has 2 rings (SSSR count). The average Bonchev–Trinajstić information content (AvgIpc) is 2.40. The Morgan fingerprint density at radius 3 is 2.52 bits per heavy atom. The lowest BCUT2D eigenvalue weighted by molar-refractivity contribution is 0.102. The number of carbonyl (C=O) groups is 1. The summed E-state index contributed by atoms with van der Waals surface area (Å²) in [7, 11) is 3.89. The molecule has 2 aromatic carbocycles. The van der Waals surface area contributed by atoms with Crippen molar-refractivity contribution in [3.05, 3.63) is 52.5 Å². The molecule has 0 saturated heterocycles. The Balaban J connectivity index is 2.25. The van der Waals surface area contributed by atoms with Gasteiger partial charge in [-0.1, -0.05) is 17.7 Å². The van der Waals surface area contributed by atoms with Gasteiger partial charge in [-0.25, -0.2) is 0 Å². The summed E-state index contributed by atoms with van der Waals surface area (Å²) in [5.41, 5.74) is 3.00. The second kappa shape index (κ2) is 6.06. The SMILES string of the molecule is Cc1ccc(NC(=O)c2ccc(Cl)cc2O)cc1N(C)C. The second-order valence-electron chi connectivity index (χ2n) is 5.01. The van der Waals surface area contributed by atoms with E-state index in [1.807, 2.05) is 44.1 Å². The van der Waals surface area contributed by atoms with Crippen LogP contribution in [0.1, 0.15) is 15.9 Å². The van der Waals surface area contributed by atoms with Crippen LogP contribution in [-0.2, 0) is 0 Å². The van der Waals surface area contributed by atoms with Gasteiger partial charge in [0.1, 0.15) is 5.75 Å². The molecular weight excluding hydrogens is 288 g/mol. The molecule has 0 aliphatic rings. The minimum absolute atomic E-state index is 0.139. The maximum Gasteiger partial charge on any atom is 0.259 e. The van der Waals surface area contributed by atoms with Gasteiger partial charge in [0.05, 0.1) is 5.56 Å². The van der Waals surface area contributed by atoms with Gasteiger partial charge in [-0.05, 0) is 42.8 Å². The highest BCUT2D eigenvalue weighted by Gasteiger charge is 2.12. The molecule has 0 atom stereocenters. The first-order valence-corrected chi connectivity index (χ1v) is 6.84. The van der Waals surface area contributed by atoms with E-state index in [2.05, 4.69) is 5.32 Å². The summed E-state index contributed by atoms with van der Waals surface area (Å²) in [6, 6.07) is 10.1. The Labute approximate surface area is 129 Å². The van der Waals surface area contributed by atoms with Crippen LogP contribution >= 0.6 is 11.6 Å². The van der Waals surface area contributed by atoms with Crippen molar-refractivity contribution in [3.8, 4) is 5.75 Å². The zero-order chi connectivity index (χ0) is 15.6. The van der Waals surface area contributed by atoms with E-state index in [1.165, 1.54) is 12.1 Å². The molecule has 0 aliphatic heterocycles. The van der Waals surface area contributed by atoms with E-state index in [0.717, 1.165) is 11.3 Å². The average molecular weight is 305 g/mol. The van der Waals surface area contributed by atoms with Crippen LogP contribution in [0.5, 0.6) is 5.75 Å². The number of carbonyl (C=O) groups excluding carboxylic acids is 1. The molecule has 4 nitrogen and oxygen atoms in total. The van der Waals surface area contributed by atoms with Gasteiger partial charge in [0.15, 0.2) is 0 Å². The van der Waals surface area contributed by atoms with Crippen molar-refractivity contribution in [2.75, 3.05) is 24.3 Å². The summed E-state index contributed by atoms with van der Waals surface area (Å²) >= 11 is 5.76. The first kappa shape index (κ1) is 15.2. The molecule has 0 spiro atoms. The van der Waals surface area contributed by atoms with Crippen LogP contribution in [0, 0.1) is 6.92 Å². The monoisotopic (exact) mass is 304 g/mol. The first-order valence-electron chi connectivity index (χ1n) is 6.46. The number of phenolic OH excluding ortho intramolecular Hbond substituents is 1. The Morgan fingerprint density at radius 2 is 1.90 bits per heavy atom. The highest BCUT2D eigenvalue weighted by atomic mass is 35.5. The van der Waals surface area contributed by atoms with Crippen LogP contribution in [0.15, 0.2) is 36.4 Å². The van der Waals surface area contributed by atoms with Gasteiger partial charge in [-0.15, -0.1) is 0 Å². The van der Waals surface area contributed by atoms with Crippen LogP contribution in [0.3, 0.4) is 0 Å². The van der Waals surface area contributed by atoms with E-state index in [9.17, 15) is 9.90 Å². The van der Waals surface area contributed by atoms with E-state index in [1.54, 1.807) is 6.07 Å². The maximum absolute atomic E-state index is 12.2. The molecule has 1 amide bonds. The van der Waals surface area contributed by atoms with Crippen LogP contribution in [0.2, 0.25) is 5.02 Å². The molecule has 0 aliphatic carbocycles. The molecule has 0 radical (unpaired) electrons. The predicted octanol–water partition coefficient (Wildman–Crippen LogP) is 3.67. The number of aryl methyl sites for hydroxylation is 1. The van der Waals surface area contributed by atoms with Gasteiger partial charge in [-0.3, -0.25) is 4.79 Å². The Morgan fingerprint density at radius 1 is 1.19 bits per heavy atom. The van der Waals surface area contributed by atoms with Crippen molar-refractivity contribution in [1.82, 2.24) is 0 Å². The Hall–Kier alpha value is -2.20. The van der Waals surface area contributed by atoms with Crippen molar-refractivity contribution in [1.29, 1.82) is 0 Å². The summed E-state index contributed by atoms with van der Waals surface area (Å²) in [5.74, 6) is -0.516. The molecule has 110 valence electrons. The summed E-state index contributed by atoms with van der Waals surface area (Å²) in [5, 5.41) is 12.9. The zero-order valence-electron chi connectivity index (χ0n) is 12.1. The fourth-order valence-corrected chi connectivity index (χ4v) is 2.23. The fourth-order valence-electron chi connectivity index (χ4n) is 2.06. The van der Waals surface area contributed by atoms with Crippen molar-refractivity contribution >= 4 is 28.9 Å². The van der Waals surface area contributed by atoms with Gasteiger partial charge in [0.25, 0.3) is 5.91 Å². The van der Waals surface area contributed by atoms with Crippen LogP contribution in [0.25, 0.3) is 0 Å². The molecule has 0 unspecified atom stereocenters. The minimum Gasteiger partial charge on any atom is -0.507 e. The molecule has 21 heavy (non-hydrogen) atoms. The molecule has 0 aromatic heterocycles. The molecule has 0 saturated carbocycles. The molecule has 5 heteroatoms. The summed E-state index contributed by atoms with van der Waals surface area (Å²) in [6.45, 7) is 2.01. The Kier molecular flexibility index (Phi) is 4.38. The third-order valence-corrected chi connectivity index (χ3v) is 3.39. The third-order valence-electron chi connectivity index (χ3n) is 3.15. The van der Waals surface area contributed by atoms with Gasteiger partial charge in [-0.2, -0.15) is 0 Å². The van der Waals surface area contributed by atoms with Gasteiger partial charge in [0.2, 0.25) is 0 Å². The normalized spacial score (nSPS) is 10.3. The number of rotatable bonds is 3. The number of amides is 1. The van der Waals surface area contributed by atoms with Crippen molar-refractivity contribution < 1.29 is 9.90 Å². The molecule has 0 bridgehead atoms. The number of hydrogen-bond acceptors (Lipinski definition) is 3. The number of nitrogens with zero attached hydrogens (tertiary/aromatic N) is 1. The lowest BCUT2D eigenvalue weighted by atomic mass is 10.1. The van der Waals surface area contributed by atoms with Gasteiger partial charge < -0.3 is 15.3 Å². The number of benzene rings is 2. The number of anilines is 2. The standard InChI is InChI=1S/C16H17ClN2O2/c1-10-4-6-12(9-14(10)19(2)3)18-16(21)13-7-5-11(17)8-15(13)20/h4-9,20H,1-3H3,(H,18,21). The topological polar surface area (TPSA) is 52.6 Å². The van der Waals surface area contributed by atoms with Gasteiger partial charge in [0, 0.05) is 30.5 Å². The minimum atomic E-state index is -0.377. The quantitative estimate of drug-likeness (QED) is 0.909. The highest BCUT2D eigenvalue weighted by Crippen LogP contribution is 2.25. The molecule has 0 heterocycles. The fraction of sp³-hybridized carbons (Fsp3) is 0.188. The number of nitrogens with one attached hydrogen (secondary N) is 1. The van der Waals surface area contributed by atoms with Crippen molar-refractivity contribution in [2.45, 2.75) is 6.92 Å². The molecule has 2 aromatic rings. The van der Waals surface area contributed by atoms with E-state index in [-0.39, 0.29) is 17.2 Å². The molecule has 2 N–H and O–H groups in total. The van der Waals surface area contributed by atoms with E-state index >= 15 is 0 Å². The number of aromatic hydroxyl groups is 1. The third kappa shape index (κ3) is 3.47. The zero-order valence-corrected chi connectivity index (χ0v) is 12.9. The highest BCUT2D eigenvalue weighted by molar-refractivity contribution is 6.31. The van der Waals surface area contributed by atoms with E-state index in [0.29, 0.717) is 10.7 Å². The van der Waals surface area contributed by atoms with Crippen molar-refractivity contribution in [2.24, 2.45) is 0 Å². The summed E-state index contributed by atoms with van der Waals surface area (Å²) in [4.78, 5) is 14.2. The smallest absolute Gasteiger partial charge is 0.259 e. The summed E-state index contributed by atoms with van der Waals surface area (Å²) < 4.78 is 0.